The number of halogens is 1. The molecule has 4 nitrogen and oxygen atoms in total. The SMILES string of the molecule is Cc1nn(C)c(COc2cccc3c2NCCC3)c1Cl. The van der Waals surface area contributed by atoms with Gasteiger partial charge in [-0.15, -0.1) is 0 Å². The molecule has 0 fully saturated rings. The van der Waals surface area contributed by atoms with E-state index >= 15 is 0 Å². The Kier molecular flexibility index (Phi) is 3.57. The fourth-order valence-corrected chi connectivity index (χ4v) is 2.80. The summed E-state index contributed by atoms with van der Waals surface area (Å²) < 4.78 is 7.74. The summed E-state index contributed by atoms with van der Waals surface area (Å²) in [5, 5.41) is 8.41. The van der Waals surface area contributed by atoms with E-state index in [9.17, 15) is 0 Å². The maximum atomic E-state index is 6.24. The number of anilines is 1. The van der Waals surface area contributed by atoms with Crippen LogP contribution in [0.4, 0.5) is 5.69 Å². The third-order valence-corrected chi connectivity index (χ3v) is 4.15. The first-order chi connectivity index (χ1) is 9.66. The normalized spacial score (nSPS) is 13.8. The average Bonchev–Trinajstić information content (AvgIpc) is 2.70. The maximum absolute atomic E-state index is 6.24. The van der Waals surface area contributed by atoms with Crippen molar-refractivity contribution < 1.29 is 4.74 Å². The van der Waals surface area contributed by atoms with E-state index in [1.54, 1.807) is 4.68 Å². The van der Waals surface area contributed by atoms with Crippen LogP contribution in [-0.4, -0.2) is 16.3 Å². The Morgan fingerprint density at radius 1 is 1.45 bits per heavy atom. The standard InChI is InChI=1S/C15H18ClN3O/c1-10-14(16)12(19(2)18-10)9-20-13-7-3-5-11-6-4-8-17-15(11)13/h3,5,7,17H,4,6,8-9H2,1-2H3. The minimum Gasteiger partial charge on any atom is -0.485 e. The van der Waals surface area contributed by atoms with Crippen molar-refractivity contribution in [2.24, 2.45) is 7.05 Å². The van der Waals surface area contributed by atoms with Crippen LogP contribution in [-0.2, 0) is 20.1 Å². The summed E-state index contributed by atoms with van der Waals surface area (Å²) in [5.41, 5.74) is 4.17. The van der Waals surface area contributed by atoms with Crippen molar-refractivity contribution in [3.63, 3.8) is 0 Å². The predicted octanol–water partition coefficient (Wildman–Crippen LogP) is 3.32. The highest BCUT2D eigenvalue weighted by atomic mass is 35.5. The van der Waals surface area contributed by atoms with Crippen molar-refractivity contribution in [3.8, 4) is 5.75 Å². The van der Waals surface area contributed by atoms with Crippen LogP contribution < -0.4 is 10.1 Å². The first kappa shape index (κ1) is 13.3. The molecule has 0 radical (unpaired) electrons. The Bertz CT molecular complexity index is 636. The molecule has 1 aromatic carbocycles. The molecule has 1 N–H and O–H groups in total. The number of para-hydroxylation sites is 1. The van der Waals surface area contributed by atoms with Crippen molar-refractivity contribution in [2.75, 3.05) is 11.9 Å². The van der Waals surface area contributed by atoms with Crippen LogP contribution in [0.25, 0.3) is 0 Å². The van der Waals surface area contributed by atoms with Crippen LogP contribution in [0.1, 0.15) is 23.4 Å². The summed E-state index contributed by atoms with van der Waals surface area (Å²) in [4.78, 5) is 0. The van der Waals surface area contributed by atoms with E-state index in [0.29, 0.717) is 11.6 Å². The molecule has 2 heterocycles. The second kappa shape index (κ2) is 5.37. The number of hydrogen-bond acceptors (Lipinski definition) is 3. The molecule has 1 aliphatic heterocycles. The number of ether oxygens (including phenoxy) is 1. The van der Waals surface area contributed by atoms with Gasteiger partial charge in [0.25, 0.3) is 0 Å². The van der Waals surface area contributed by atoms with Crippen molar-refractivity contribution in [1.29, 1.82) is 0 Å². The third kappa shape index (κ3) is 2.36. The Labute approximate surface area is 123 Å². The fraction of sp³-hybridized carbons (Fsp3) is 0.400. The summed E-state index contributed by atoms with van der Waals surface area (Å²) in [6.45, 7) is 3.32. The van der Waals surface area contributed by atoms with Gasteiger partial charge in [-0.1, -0.05) is 23.7 Å². The van der Waals surface area contributed by atoms with E-state index in [4.69, 9.17) is 16.3 Å². The predicted molar refractivity (Wildman–Crippen MR) is 80.5 cm³/mol. The van der Waals surface area contributed by atoms with E-state index < -0.39 is 0 Å². The lowest BCUT2D eigenvalue weighted by atomic mass is 10.0. The van der Waals surface area contributed by atoms with Gasteiger partial charge in [0.2, 0.25) is 0 Å². The molecular formula is C15H18ClN3O. The summed E-state index contributed by atoms with van der Waals surface area (Å²) >= 11 is 6.24. The van der Waals surface area contributed by atoms with E-state index in [2.05, 4.69) is 16.5 Å². The Balaban J connectivity index is 1.82. The largest absolute Gasteiger partial charge is 0.485 e. The molecule has 0 aliphatic carbocycles. The van der Waals surface area contributed by atoms with Gasteiger partial charge in [-0.25, -0.2) is 0 Å². The van der Waals surface area contributed by atoms with Gasteiger partial charge in [0, 0.05) is 13.6 Å². The van der Waals surface area contributed by atoms with Gasteiger partial charge in [-0.05, 0) is 31.4 Å². The van der Waals surface area contributed by atoms with Gasteiger partial charge in [-0.2, -0.15) is 5.10 Å². The quantitative estimate of drug-likeness (QED) is 0.943. The smallest absolute Gasteiger partial charge is 0.143 e. The topological polar surface area (TPSA) is 39.1 Å². The zero-order valence-electron chi connectivity index (χ0n) is 11.7. The van der Waals surface area contributed by atoms with E-state index in [1.165, 1.54) is 12.0 Å². The third-order valence-electron chi connectivity index (χ3n) is 3.66. The van der Waals surface area contributed by atoms with E-state index in [1.807, 2.05) is 26.1 Å². The van der Waals surface area contributed by atoms with Gasteiger partial charge < -0.3 is 10.1 Å². The minimum atomic E-state index is 0.425. The Morgan fingerprint density at radius 2 is 2.30 bits per heavy atom. The van der Waals surface area contributed by atoms with Crippen LogP contribution in [0.2, 0.25) is 5.02 Å². The van der Waals surface area contributed by atoms with Crippen LogP contribution in [0, 0.1) is 6.92 Å². The summed E-state index contributed by atoms with van der Waals surface area (Å²) in [7, 11) is 1.89. The van der Waals surface area contributed by atoms with Crippen LogP contribution in [0.3, 0.4) is 0 Å². The molecule has 1 aromatic heterocycles. The molecular weight excluding hydrogens is 274 g/mol. The van der Waals surface area contributed by atoms with Gasteiger partial charge in [-0.3, -0.25) is 4.68 Å². The number of benzene rings is 1. The molecule has 0 amide bonds. The second-order valence-corrected chi connectivity index (χ2v) is 5.46. The number of fused-ring (bicyclic) bond motifs is 1. The highest BCUT2D eigenvalue weighted by Crippen LogP contribution is 2.33. The molecule has 0 spiro atoms. The number of aryl methyl sites for hydroxylation is 3. The lowest BCUT2D eigenvalue weighted by Gasteiger charge is -2.21. The number of nitrogens with zero attached hydrogens (tertiary/aromatic N) is 2. The van der Waals surface area contributed by atoms with E-state index in [-0.39, 0.29) is 0 Å². The van der Waals surface area contributed by atoms with Gasteiger partial charge in [0.05, 0.1) is 22.1 Å². The zero-order valence-corrected chi connectivity index (χ0v) is 12.5. The monoisotopic (exact) mass is 291 g/mol. The van der Waals surface area contributed by atoms with Crippen LogP contribution >= 0.6 is 11.6 Å². The van der Waals surface area contributed by atoms with Gasteiger partial charge in [0.1, 0.15) is 12.4 Å². The highest BCUT2D eigenvalue weighted by molar-refractivity contribution is 6.31. The fourth-order valence-electron chi connectivity index (χ4n) is 2.58. The first-order valence-corrected chi connectivity index (χ1v) is 7.21. The number of aromatic nitrogens is 2. The van der Waals surface area contributed by atoms with Gasteiger partial charge >= 0.3 is 0 Å². The molecule has 0 saturated heterocycles. The van der Waals surface area contributed by atoms with Crippen LogP contribution in [0.5, 0.6) is 5.75 Å². The summed E-state index contributed by atoms with van der Waals surface area (Å²) in [6.07, 6.45) is 2.27. The minimum absolute atomic E-state index is 0.425. The number of hydrogen-bond donors (Lipinski definition) is 1. The van der Waals surface area contributed by atoms with Crippen molar-refractivity contribution >= 4 is 17.3 Å². The zero-order chi connectivity index (χ0) is 14.1. The molecule has 0 saturated carbocycles. The van der Waals surface area contributed by atoms with Crippen molar-refractivity contribution in [2.45, 2.75) is 26.4 Å². The molecule has 3 rings (SSSR count). The Morgan fingerprint density at radius 3 is 3.05 bits per heavy atom. The molecule has 1 aliphatic rings. The van der Waals surface area contributed by atoms with Crippen molar-refractivity contribution in [3.05, 3.63) is 40.2 Å². The van der Waals surface area contributed by atoms with E-state index in [0.717, 1.165) is 35.8 Å². The number of rotatable bonds is 3. The molecule has 2 aromatic rings. The summed E-state index contributed by atoms with van der Waals surface area (Å²) in [5.74, 6) is 0.886. The summed E-state index contributed by atoms with van der Waals surface area (Å²) in [6, 6.07) is 6.18. The van der Waals surface area contributed by atoms with Crippen molar-refractivity contribution in [1.82, 2.24) is 9.78 Å². The molecule has 5 heteroatoms. The molecule has 0 unspecified atom stereocenters. The Hall–Kier alpha value is -1.68. The molecule has 0 atom stereocenters. The average molecular weight is 292 g/mol. The van der Waals surface area contributed by atoms with Crippen LogP contribution in [0.15, 0.2) is 18.2 Å². The molecule has 0 bridgehead atoms. The van der Waals surface area contributed by atoms with Gasteiger partial charge in [0.15, 0.2) is 0 Å². The lowest BCUT2D eigenvalue weighted by molar-refractivity contribution is 0.296. The lowest BCUT2D eigenvalue weighted by Crippen LogP contribution is -2.13. The second-order valence-electron chi connectivity index (χ2n) is 5.08. The number of nitrogens with one attached hydrogen (secondary N) is 1. The molecule has 20 heavy (non-hydrogen) atoms. The molecule has 106 valence electrons. The first-order valence-electron chi connectivity index (χ1n) is 6.83. The maximum Gasteiger partial charge on any atom is 0.143 e. The highest BCUT2D eigenvalue weighted by Gasteiger charge is 2.15.